The Kier molecular flexibility index (Phi) is 33.7. The van der Waals surface area contributed by atoms with Gasteiger partial charge >= 0.3 is 17.9 Å². The second-order valence-electron chi connectivity index (χ2n) is 18.1. The molecule has 322 valence electrons. The third kappa shape index (κ3) is 37.2. The summed E-state index contributed by atoms with van der Waals surface area (Å²) in [5.41, 5.74) is 0.0520. The molecule has 0 saturated carbocycles. The normalized spacial score (nSPS) is 12.4. The Morgan fingerprint density at radius 2 is 0.964 bits per heavy atom. The van der Waals surface area contributed by atoms with Gasteiger partial charge in [0, 0.05) is 25.8 Å². The zero-order chi connectivity index (χ0) is 41.0. The van der Waals surface area contributed by atoms with Crippen molar-refractivity contribution < 1.29 is 28.6 Å². The number of esters is 3. The van der Waals surface area contributed by atoms with Crippen LogP contribution in [0.25, 0.3) is 0 Å². The van der Waals surface area contributed by atoms with Crippen molar-refractivity contribution in [3.05, 3.63) is 24.3 Å². The number of carbonyl (C=O) groups is 3. The first kappa shape index (κ1) is 52.9. The molecule has 0 bridgehead atoms. The molecule has 0 aliphatic rings. The molecule has 0 aliphatic heterocycles. The van der Waals surface area contributed by atoms with E-state index in [0.717, 1.165) is 103 Å². The van der Waals surface area contributed by atoms with E-state index in [-0.39, 0.29) is 28.7 Å². The van der Waals surface area contributed by atoms with E-state index in [9.17, 15) is 14.4 Å². The Hall–Kier alpha value is -2.15. The topological polar surface area (TPSA) is 82.1 Å². The van der Waals surface area contributed by atoms with E-state index >= 15 is 0 Å². The van der Waals surface area contributed by atoms with E-state index in [2.05, 4.69) is 72.7 Å². The Labute approximate surface area is 340 Å². The van der Waals surface area contributed by atoms with Crippen molar-refractivity contribution >= 4 is 17.9 Å². The Bertz CT molecular complexity index is 948. The fourth-order valence-electron chi connectivity index (χ4n) is 7.82. The second-order valence-corrected chi connectivity index (χ2v) is 18.1. The fourth-order valence-corrected chi connectivity index (χ4v) is 7.82. The molecule has 7 heteroatoms. The lowest BCUT2D eigenvalue weighted by Crippen LogP contribution is -2.35. The third-order valence-electron chi connectivity index (χ3n) is 10.2. The molecule has 7 nitrogen and oxygen atoms in total. The summed E-state index contributed by atoms with van der Waals surface area (Å²) in [7, 11) is 4.21. The number of rotatable bonds is 38. The third-order valence-corrected chi connectivity index (χ3v) is 10.2. The van der Waals surface area contributed by atoms with Crippen LogP contribution in [0.1, 0.15) is 208 Å². The summed E-state index contributed by atoms with van der Waals surface area (Å²) >= 11 is 0. The number of nitrogens with zero attached hydrogens (tertiary/aromatic N) is 1. The molecule has 0 fully saturated rings. The molecule has 0 saturated heterocycles. The molecular formula is C48H89NO6. The first-order valence-corrected chi connectivity index (χ1v) is 22.7. The van der Waals surface area contributed by atoms with E-state index in [1.165, 1.54) is 51.4 Å². The molecule has 0 aromatic heterocycles. The molecule has 0 atom stereocenters. The van der Waals surface area contributed by atoms with Crippen LogP contribution in [0.5, 0.6) is 0 Å². The number of hydrogen-bond acceptors (Lipinski definition) is 7. The molecule has 0 aromatic rings. The lowest BCUT2D eigenvalue weighted by molar-refractivity contribution is -0.148. The zero-order valence-corrected chi connectivity index (χ0v) is 37.5. The highest BCUT2D eigenvalue weighted by Crippen LogP contribution is 2.34. The summed E-state index contributed by atoms with van der Waals surface area (Å²) in [5, 5.41) is 0. The van der Waals surface area contributed by atoms with Crippen molar-refractivity contribution in [2.24, 2.45) is 16.7 Å². The minimum atomic E-state index is -0.102. The molecule has 0 aromatic carbocycles. The molecule has 0 aliphatic carbocycles. The quantitative estimate of drug-likeness (QED) is 0.0267. The van der Waals surface area contributed by atoms with Gasteiger partial charge in [-0.15, -0.1) is 0 Å². The predicted octanol–water partition coefficient (Wildman–Crippen LogP) is 13.1. The number of hydrogen-bond donors (Lipinski definition) is 0. The van der Waals surface area contributed by atoms with Crippen molar-refractivity contribution in [1.29, 1.82) is 0 Å². The van der Waals surface area contributed by atoms with Crippen LogP contribution in [0.2, 0.25) is 0 Å². The molecular weight excluding hydrogens is 687 g/mol. The first-order chi connectivity index (χ1) is 26.3. The fraction of sp³-hybridized carbons (Fsp3) is 0.854. The summed E-state index contributed by atoms with van der Waals surface area (Å²) in [6.07, 6.45) is 35.2. The molecule has 0 unspecified atom stereocenters. The van der Waals surface area contributed by atoms with Crippen molar-refractivity contribution in [2.45, 2.75) is 208 Å². The van der Waals surface area contributed by atoms with Crippen LogP contribution in [-0.2, 0) is 28.6 Å². The summed E-state index contributed by atoms with van der Waals surface area (Å²) in [6.45, 7) is 15.6. The van der Waals surface area contributed by atoms with E-state index in [1.807, 2.05) is 12.2 Å². The highest BCUT2D eigenvalue weighted by atomic mass is 16.5. The van der Waals surface area contributed by atoms with Crippen molar-refractivity contribution in [3.8, 4) is 0 Å². The van der Waals surface area contributed by atoms with Gasteiger partial charge in [-0.1, -0.05) is 156 Å². The van der Waals surface area contributed by atoms with Crippen molar-refractivity contribution in [3.63, 3.8) is 0 Å². The van der Waals surface area contributed by atoms with E-state index < -0.39 is 0 Å². The smallest absolute Gasteiger partial charge is 0.306 e. The maximum Gasteiger partial charge on any atom is 0.306 e. The van der Waals surface area contributed by atoms with Gasteiger partial charge in [0.15, 0.2) is 0 Å². The molecule has 0 amide bonds. The lowest BCUT2D eigenvalue weighted by Gasteiger charge is -2.36. The van der Waals surface area contributed by atoms with Gasteiger partial charge < -0.3 is 19.1 Å². The van der Waals surface area contributed by atoms with Gasteiger partial charge in [0.05, 0.1) is 6.61 Å². The first-order valence-electron chi connectivity index (χ1n) is 22.7. The summed E-state index contributed by atoms with van der Waals surface area (Å²) in [5.74, 6) is 0.0490. The van der Waals surface area contributed by atoms with Crippen LogP contribution in [0, 0.1) is 16.7 Å². The Morgan fingerprint density at radius 3 is 1.42 bits per heavy atom. The van der Waals surface area contributed by atoms with E-state index in [0.29, 0.717) is 45.0 Å². The van der Waals surface area contributed by atoms with Crippen molar-refractivity contribution in [1.82, 2.24) is 4.90 Å². The minimum Gasteiger partial charge on any atom is -0.465 e. The molecule has 0 rings (SSSR count). The Morgan fingerprint density at radius 1 is 0.527 bits per heavy atom. The summed E-state index contributed by atoms with van der Waals surface area (Å²) in [4.78, 5) is 39.6. The largest absolute Gasteiger partial charge is 0.465 e. The van der Waals surface area contributed by atoms with Crippen LogP contribution >= 0.6 is 0 Å². The average molecular weight is 776 g/mol. The Balaban J connectivity index is 4.56. The van der Waals surface area contributed by atoms with Gasteiger partial charge in [-0.25, -0.2) is 0 Å². The minimum absolute atomic E-state index is 0.0711. The molecule has 0 N–H and O–H groups in total. The van der Waals surface area contributed by atoms with Crippen LogP contribution in [0.3, 0.4) is 0 Å². The van der Waals surface area contributed by atoms with Crippen LogP contribution < -0.4 is 0 Å². The zero-order valence-electron chi connectivity index (χ0n) is 37.5. The number of carbonyl (C=O) groups excluding carboxylic acids is 3. The standard InChI is InChI=1S/C48H89NO6/c1-9-11-13-15-17-25-31-37-53-44(50)35-29-23-19-21-27-33-43(39-46(52)55-42-48(5,6)40-47(3,4)41-49(7)8)34-28-22-20-24-30-36-45(51)54-38-32-26-18-16-14-12-10-2/h25-26,31-32,43H,9-24,27-30,33-42H2,1-8H3/b31-25-,32-26-. The number of ether oxygens (including phenoxy) is 3. The molecule has 0 spiro atoms. The number of unbranched alkanes of at least 4 members (excludes halogenated alkanes) is 16. The summed E-state index contributed by atoms with van der Waals surface area (Å²) in [6, 6.07) is 0. The number of allylic oxidation sites excluding steroid dienone is 2. The maximum absolute atomic E-state index is 13.1. The molecule has 55 heavy (non-hydrogen) atoms. The monoisotopic (exact) mass is 776 g/mol. The van der Waals surface area contributed by atoms with Crippen LogP contribution in [0.15, 0.2) is 24.3 Å². The van der Waals surface area contributed by atoms with Gasteiger partial charge in [0.1, 0.15) is 13.2 Å². The molecule has 0 radical (unpaired) electrons. The maximum atomic E-state index is 13.1. The van der Waals surface area contributed by atoms with Gasteiger partial charge in [0.2, 0.25) is 0 Å². The SMILES string of the molecule is CCCCCC/C=C\COC(=O)CCCCCCCC(CCCCCCCC(=O)OC/C=C\CCCCCC)CC(=O)OCC(C)(C)CC(C)(C)CN(C)C. The van der Waals surface area contributed by atoms with Gasteiger partial charge in [-0.05, 0) is 88.6 Å². The molecule has 0 heterocycles. The second kappa shape index (κ2) is 35.0. The van der Waals surface area contributed by atoms with Gasteiger partial charge in [-0.3, -0.25) is 14.4 Å². The highest BCUT2D eigenvalue weighted by Gasteiger charge is 2.31. The van der Waals surface area contributed by atoms with E-state index in [4.69, 9.17) is 14.2 Å². The van der Waals surface area contributed by atoms with Crippen LogP contribution in [0.4, 0.5) is 0 Å². The predicted molar refractivity (Wildman–Crippen MR) is 232 cm³/mol. The summed E-state index contributed by atoms with van der Waals surface area (Å²) < 4.78 is 16.7. The highest BCUT2D eigenvalue weighted by molar-refractivity contribution is 5.70. The van der Waals surface area contributed by atoms with E-state index in [1.54, 1.807) is 0 Å². The van der Waals surface area contributed by atoms with Gasteiger partial charge in [-0.2, -0.15) is 0 Å². The van der Waals surface area contributed by atoms with Crippen LogP contribution in [-0.4, -0.2) is 63.3 Å². The van der Waals surface area contributed by atoms with Gasteiger partial charge in [0.25, 0.3) is 0 Å². The average Bonchev–Trinajstić information content (AvgIpc) is 3.11. The van der Waals surface area contributed by atoms with Crippen molar-refractivity contribution in [2.75, 3.05) is 40.5 Å². The lowest BCUT2D eigenvalue weighted by atomic mass is 9.75.